The molecule has 0 spiro atoms. The number of nitrogens with one attached hydrogen (secondary N) is 5. The maximum Gasteiger partial charge on any atom is 0.324 e. The Morgan fingerprint density at radius 3 is 1.85 bits per heavy atom. The molecule has 0 aliphatic carbocycles. The van der Waals surface area contributed by atoms with E-state index in [0.717, 1.165) is 18.6 Å². The van der Waals surface area contributed by atoms with Crippen LogP contribution in [-0.4, -0.2) is 224 Å². The highest BCUT2D eigenvalue weighted by molar-refractivity contribution is 8.00. The van der Waals surface area contributed by atoms with Crippen molar-refractivity contribution in [1.82, 2.24) is 26.9 Å². The van der Waals surface area contributed by atoms with E-state index in [1.807, 2.05) is 11.8 Å². The molecule has 5 heterocycles. The van der Waals surface area contributed by atoms with Crippen molar-refractivity contribution in [2.75, 3.05) is 45.3 Å². The Morgan fingerprint density at radius 2 is 1.23 bits per heavy atom. The first kappa shape index (κ1) is 53.3. The van der Waals surface area contributed by atoms with Crippen LogP contribution in [0.4, 0.5) is 4.79 Å². The molecule has 65 heavy (non-hydrogen) atoms. The fourth-order valence-electron chi connectivity index (χ4n) is 8.05. The fourth-order valence-corrected chi connectivity index (χ4v) is 9.59. The molecule has 18 atom stereocenters. The Bertz CT molecular complexity index is 1510. The van der Waals surface area contributed by atoms with Gasteiger partial charge in [0.1, 0.15) is 73.2 Å². The van der Waals surface area contributed by atoms with Crippen molar-refractivity contribution in [3.8, 4) is 0 Å². The van der Waals surface area contributed by atoms with Crippen LogP contribution in [-0.2, 0) is 52.5 Å². The number of hydrogen-bond donors (Lipinski definition) is 14. The SMILES string of the molecule is CC(=O)N[C@H]1[C@H](OCCCCCC(=O)ONCCNOC(=O)CCCC[C@@H]2SC[C@@H]3NC(=O)N[C@@H]32)O[C@H](CO)[C@H](O)[C@@H]1O[C@H]1O[C@H](CO)[C@H](O)[C@H](O[C@@H]2O[C@H](CO)[C@H](O)[C@H](O)[C@H]2O)[C@H]1O. The zero-order valence-corrected chi connectivity index (χ0v) is 36.6. The van der Waals surface area contributed by atoms with Crippen LogP contribution >= 0.6 is 11.8 Å². The number of aliphatic hydroxyl groups is 9. The van der Waals surface area contributed by atoms with Gasteiger partial charge in [-0.05, 0) is 25.7 Å². The molecule has 5 rings (SSSR count). The minimum Gasteiger partial charge on any atom is -0.394 e. The van der Waals surface area contributed by atoms with E-state index in [1.165, 1.54) is 6.92 Å². The predicted molar refractivity (Wildman–Crippen MR) is 217 cm³/mol. The van der Waals surface area contributed by atoms with E-state index in [-0.39, 0.29) is 50.7 Å². The van der Waals surface area contributed by atoms with Gasteiger partial charge in [0.15, 0.2) is 18.9 Å². The first-order chi connectivity index (χ1) is 31.2. The average molecular weight is 960 g/mol. The third-order valence-corrected chi connectivity index (χ3v) is 13.1. The van der Waals surface area contributed by atoms with Crippen molar-refractivity contribution < 1.29 is 103 Å². The van der Waals surface area contributed by atoms with E-state index in [0.29, 0.717) is 30.9 Å². The second-order valence-corrected chi connectivity index (χ2v) is 17.6. The molecule has 5 aliphatic heterocycles. The summed E-state index contributed by atoms with van der Waals surface area (Å²) in [6.07, 6.45) is -19.6. The quantitative estimate of drug-likeness (QED) is 0.0230. The molecular weight excluding hydrogens is 894 g/mol. The fraction of sp³-hybridized carbons (Fsp3) is 0.895. The number of carbonyl (C=O) groups is 4. The number of rotatable bonds is 25. The van der Waals surface area contributed by atoms with Crippen molar-refractivity contribution in [2.45, 2.75) is 168 Å². The minimum atomic E-state index is -1.97. The number of unbranched alkanes of at least 4 members (excludes halogenated alkanes) is 3. The van der Waals surface area contributed by atoms with E-state index in [2.05, 4.69) is 26.9 Å². The topological polar surface area (TPSA) is 384 Å². The predicted octanol–water partition coefficient (Wildman–Crippen LogP) is -6.02. The van der Waals surface area contributed by atoms with Crippen LogP contribution in [0.2, 0.25) is 0 Å². The molecule has 27 heteroatoms. The lowest BCUT2D eigenvalue weighted by molar-refractivity contribution is -0.374. The Balaban J connectivity index is 1.00. The van der Waals surface area contributed by atoms with Crippen molar-refractivity contribution in [3.63, 3.8) is 0 Å². The van der Waals surface area contributed by atoms with Gasteiger partial charge in [-0.15, -0.1) is 0 Å². The summed E-state index contributed by atoms with van der Waals surface area (Å²) < 4.78 is 34.2. The molecule has 0 aromatic carbocycles. The smallest absolute Gasteiger partial charge is 0.324 e. The van der Waals surface area contributed by atoms with Gasteiger partial charge in [-0.3, -0.25) is 14.4 Å². The Morgan fingerprint density at radius 1 is 0.677 bits per heavy atom. The van der Waals surface area contributed by atoms with Crippen LogP contribution in [0.3, 0.4) is 0 Å². The molecule has 26 nitrogen and oxygen atoms in total. The van der Waals surface area contributed by atoms with Gasteiger partial charge in [0.05, 0.1) is 31.9 Å². The summed E-state index contributed by atoms with van der Waals surface area (Å²) in [5.41, 5.74) is 5.02. The van der Waals surface area contributed by atoms with E-state index >= 15 is 0 Å². The maximum absolute atomic E-state index is 12.4. The lowest BCUT2D eigenvalue weighted by atomic mass is 9.95. The van der Waals surface area contributed by atoms with Gasteiger partial charge in [0.25, 0.3) is 0 Å². The molecule has 0 bridgehead atoms. The molecule has 0 radical (unpaired) electrons. The normalized spacial score (nSPS) is 38.1. The number of urea groups is 1. The average Bonchev–Trinajstić information content (AvgIpc) is 3.84. The number of hydrogen-bond acceptors (Lipinski definition) is 24. The van der Waals surface area contributed by atoms with Gasteiger partial charge >= 0.3 is 18.0 Å². The van der Waals surface area contributed by atoms with Crippen LogP contribution in [0.15, 0.2) is 0 Å². The molecule has 0 unspecified atom stereocenters. The highest BCUT2D eigenvalue weighted by Crippen LogP contribution is 2.34. The number of ether oxygens (including phenoxy) is 6. The van der Waals surface area contributed by atoms with E-state index in [1.54, 1.807) is 0 Å². The zero-order chi connectivity index (χ0) is 47.2. The minimum absolute atomic E-state index is 0.00752. The summed E-state index contributed by atoms with van der Waals surface area (Å²) in [7, 11) is 0. The summed E-state index contributed by atoms with van der Waals surface area (Å²) in [5.74, 6) is -0.685. The summed E-state index contributed by atoms with van der Waals surface area (Å²) in [4.78, 5) is 58.1. The Labute approximate surface area is 378 Å². The number of carbonyl (C=O) groups excluding carboxylic acids is 4. The summed E-state index contributed by atoms with van der Waals surface area (Å²) >= 11 is 1.82. The van der Waals surface area contributed by atoms with E-state index in [9.17, 15) is 65.1 Å². The van der Waals surface area contributed by atoms with Gasteiger partial charge in [-0.2, -0.15) is 22.7 Å². The zero-order valence-electron chi connectivity index (χ0n) is 35.8. The van der Waals surface area contributed by atoms with Crippen molar-refractivity contribution in [2.24, 2.45) is 0 Å². The standard InChI is InChI=1S/C38H65N5O21S/c1-17(47)41-26-33(61-37-32(55)34(29(52)21(15-46)60-37)62-36-31(54)30(53)27(50)19(13-44)59-36)28(51)20(14-45)58-35(26)57-12-6-2-3-8-23(48)63-39-10-11-40-64-24(49)9-5-4-7-22-25-18(16-65-22)42-38(56)43-25/h18-22,25-37,39-40,44-46,50-55H,2-16H2,1H3,(H,41,47)(H2,42,43,56)/t18-,19+,20+,21+,22-,25-,26+,27-,28-,29-,30-,31+,32+,33+,34-,35+,36-,37+/m0/s1. The van der Waals surface area contributed by atoms with Gasteiger partial charge in [0, 0.05) is 50.5 Å². The highest BCUT2D eigenvalue weighted by Gasteiger charge is 2.54. The molecule has 5 fully saturated rings. The monoisotopic (exact) mass is 959 g/mol. The highest BCUT2D eigenvalue weighted by atomic mass is 32.2. The third kappa shape index (κ3) is 14.7. The molecule has 3 amide bonds. The van der Waals surface area contributed by atoms with Crippen LogP contribution in [0, 0.1) is 0 Å². The molecular formula is C38H65N5O21S. The van der Waals surface area contributed by atoms with Crippen LogP contribution < -0.4 is 26.9 Å². The molecule has 14 N–H and O–H groups in total. The number of amides is 3. The molecule has 5 aliphatic rings. The molecule has 0 saturated carbocycles. The second kappa shape index (κ2) is 26.2. The van der Waals surface area contributed by atoms with E-state index in [4.69, 9.17) is 38.1 Å². The van der Waals surface area contributed by atoms with Gasteiger partial charge in [-0.1, -0.05) is 12.8 Å². The Hall–Kier alpha value is -2.65. The van der Waals surface area contributed by atoms with Crippen molar-refractivity contribution >= 4 is 35.6 Å². The molecule has 0 aromatic rings. The van der Waals surface area contributed by atoms with Crippen molar-refractivity contribution in [3.05, 3.63) is 0 Å². The van der Waals surface area contributed by atoms with Gasteiger partial charge < -0.3 is 100 Å². The number of thioether (sulfide) groups is 1. The first-order valence-electron chi connectivity index (χ1n) is 21.8. The van der Waals surface area contributed by atoms with Crippen LogP contribution in [0.5, 0.6) is 0 Å². The second-order valence-electron chi connectivity index (χ2n) is 16.3. The maximum atomic E-state index is 12.4. The third-order valence-electron chi connectivity index (χ3n) is 11.5. The van der Waals surface area contributed by atoms with Gasteiger partial charge in [0.2, 0.25) is 5.91 Å². The number of hydroxylamine groups is 2. The lowest BCUT2D eigenvalue weighted by Crippen LogP contribution is -2.69. The summed E-state index contributed by atoms with van der Waals surface area (Å²) in [6.45, 7) is -0.887. The lowest BCUT2D eigenvalue weighted by Gasteiger charge is -2.49. The molecule has 374 valence electrons. The molecule has 0 aromatic heterocycles. The van der Waals surface area contributed by atoms with Crippen LogP contribution in [0.25, 0.3) is 0 Å². The largest absolute Gasteiger partial charge is 0.394 e. The number of aliphatic hydroxyl groups excluding tert-OH is 9. The number of fused-ring (bicyclic) bond motifs is 1. The van der Waals surface area contributed by atoms with Gasteiger partial charge in [-0.25, -0.2) is 4.79 Å². The summed E-state index contributed by atoms with van der Waals surface area (Å²) in [5, 5.41) is 103. The molecule has 5 saturated heterocycles. The van der Waals surface area contributed by atoms with E-state index < -0.39 is 130 Å². The van der Waals surface area contributed by atoms with Crippen molar-refractivity contribution in [1.29, 1.82) is 0 Å². The Kier molecular flexibility index (Phi) is 21.5. The first-order valence-corrected chi connectivity index (χ1v) is 22.8. The summed E-state index contributed by atoms with van der Waals surface area (Å²) in [6, 6.07) is -1.15. The van der Waals surface area contributed by atoms with Crippen LogP contribution in [0.1, 0.15) is 58.3 Å².